The Morgan fingerprint density at radius 2 is 1.78 bits per heavy atom. The van der Waals surface area contributed by atoms with Gasteiger partial charge in [0.15, 0.2) is 5.17 Å². The molecule has 1 unspecified atom stereocenters. The molecule has 9 heteroatoms. The van der Waals surface area contributed by atoms with Crippen molar-refractivity contribution in [3.05, 3.63) is 101 Å². The lowest BCUT2D eigenvalue weighted by Crippen LogP contribution is -2.41. The van der Waals surface area contributed by atoms with Crippen molar-refractivity contribution in [3.8, 4) is 0 Å². The number of amides is 2. The highest BCUT2D eigenvalue weighted by molar-refractivity contribution is 8.13. The number of benzene rings is 3. The zero-order valence-corrected chi connectivity index (χ0v) is 20.0. The van der Waals surface area contributed by atoms with Gasteiger partial charge in [0.2, 0.25) is 5.91 Å². The van der Waals surface area contributed by atoms with Crippen LogP contribution in [0.5, 0.6) is 0 Å². The lowest BCUT2D eigenvalue weighted by molar-refractivity contribution is -0.125. The fraction of sp³-hybridized carbons (Fsp3) is 0.185. The van der Waals surface area contributed by atoms with Gasteiger partial charge in [0.1, 0.15) is 23.5 Å². The summed E-state index contributed by atoms with van der Waals surface area (Å²) in [5, 5.41) is 3.27. The number of carbonyl (C=O) groups excluding carboxylic acids is 2. The largest absolute Gasteiger partial charge is 0.352 e. The SMILES string of the molecule is O=C(CCC1N=C2c3ccccc3N=C(SCc3cccc(F)c3)N2C1=O)NCc1ccc(F)cc1. The molecule has 2 aliphatic heterocycles. The van der Waals surface area contributed by atoms with Crippen molar-refractivity contribution in [2.45, 2.75) is 31.2 Å². The van der Waals surface area contributed by atoms with Gasteiger partial charge in [0, 0.05) is 24.3 Å². The van der Waals surface area contributed by atoms with Gasteiger partial charge in [-0.25, -0.2) is 18.7 Å². The van der Waals surface area contributed by atoms with Crippen LogP contribution in [-0.4, -0.2) is 33.8 Å². The van der Waals surface area contributed by atoms with Gasteiger partial charge >= 0.3 is 0 Å². The average molecular weight is 505 g/mol. The molecular weight excluding hydrogens is 482 g/mol. The van der Waals surface area contributed by atoms with E-state index in [1.54, 1.807) is 18.2 Å². The van der Waals surface area contributed by atoms with Crippen LogP contribution in [0.4, 0.5) is 14.5 Å². The number of thioether (sulfide) groups is 1. The van der Waals surface area contributed by atoms with Gasteiger partial charge in [-0.1, -0.05) is 48.2 Å². The zero-order chi connectivity index (χ0) is 25.1. The van der Waals surface area contributed by atoms with Gasteiger partial charge in [-0.3, -0.25) is 14.6 Å². The summed E-state index contributed by atoms with van der Waals surface area (Å²) in [6.45, 7) is 0.277. The predicted molar refractivity (Wildman–Crippen MR) is 136 cm³/mol. The number of hydrogen-bond donors (Lipinski definition) is 1. The number of nitrogens with zero attached hydrogens (tertiary/aromatic N) is 3. The van der Waals surface area contributed by atoms with Crippen LogP contribution in [0.3, 0.4) is 0 Å². The van der Waals surface area contributed by atoms with Crippen molar-refractivity contribution >= 4 is 40.3 Å². The van der Waals surface area contributed by atoms with E-state index in [1.165, 1.54) is 40.9 Å². The molecular formula is C27H22F2N4O2S. The Morgan fingerprint density at radius 3 is 2.58 bits per heavy atom. The fourth-order valence-electron chi connectivity index (χ4n) is 4.02. The first-order chi connectivity index (χ1) is 17.5. The second kappa shape index (κ2) is 10.4. The highest BCUT2D eigenvalue weighted by Crippen LogP contribution is 2.35. The van der Waals surface area contributed by atoms with E-state index in [4.69, 9.17) is 0 Å². The standard InChI is InChI=1S/C27H22F2N4O2S/c28-19-10-8-17(9-11-19)15-30-24(34)13-12-23-26(35)33-25(31-23)21-6-1-2-7-22(21)32-27(33)36-16-18-4-3-5-20(29)14-18/h1-11,14,23H,12-13,15-16H2,(H,30,34). The number of rotatable bonds is 7. The molecule has 182 valence electrons. The number of nitrogens with one attached hydrogen (secondary N) is 1. The summed E-state index contributed by atoms with van der Waals surface area (Å²) in [7, 11) is 0. The molecule has 1 atom stereocenters. The molecule has 0 aliphatic carbocycles. The number of carbonyl (C=O) groups is 2. The molecule has 0 saturated heterocycles. The smallest absolute Gasteiger partial charge is 0.259 e. The predicted octanol–water partition coefficient (Wildman–Crippen LogP) is 4.95. The first-order valence-corrected chi connectivity index (χ1v) is 12.4. The molecule has 5 rings (SSSR count). The van der Waals surface area contributed by atoms with Crippen molar-refractivity contribution in [3.63, 3.8) is 0 Å². The van der Waals surface area contributed by atoms with Crippen LogP contribution in [0.2, 0.25) is 0 Å². The lowest BCUT2D eigenvalue weighted by atomic mass is 10.1. The molecule has 6 nitrogen and oxygen atoms in total. The van der Waals surface area contributed by atoms with Crippen molar-refractivity contribution in [2.75, 3.05) is 0 Å². The van der Waals surface area contributed by atoms with Gasteiger partial charge in [-0.2, -0.15) is 0 Å². The molecule has 3 aromatic carbocycles. The minimum atomic E-state index is -0.706. The maximum atomic E-state index is 13.6. The summed E-state index contributed by atoms with van der Waals surface area (Å²) in [5.74, 6) is -0.153. The third kappa shape index (κ3) is 5.21. The number of para-hydroxylation sites is 1. The molecule has 2 amide bonds. The topological polar surface area (TPSA) is 74.1 Å². The Kier molecular flexibility index (Phi) is 6.90. The van der Waals surface area contributed by atoms with Crippen LogP contribution in [0.1, 0.15) is 29.5 Å². The van der Waals surface area contributed by atoms with Gasteiger partial charge < -0.3 is 5.32 Å². The Balaban J connectivity index is 1.27. The first kappa shape index (κ1) is 23.9. The summed E-state index contributed by atoms with van der Waals surface area (Å²) >= 11 is 1.34. The van der Waals surface area contributed by atoms with Crippen LogP contribution < -0.4 is 5.32 Å². The summed E-state index contributed by atoms with van der Waals surface area (Å²) in [6.07, 6.45) is 0.366. The summed E-state index contributed by atoms with van der Waals surface area (Å²) in [6, 6.07) is 19.0. The van der Waals surface area contributed by atoms with Crippen LogP contribution in [-0.2, 0) is 21.9 Å². The average Bonchev–Trinajstić information content (AvgIpc) is 3.22. The van der Waals surface area contributed by atoms with Gasteiger partial charge in [-0.05, 0) is 53.9 Å². The molecule has 0 radical (unpaired) electrons. The Labute approximate surface area is 211 Å². The minimum absolute atomic E-state index is 0.118. The van der Waals surface area contributed by atoms with E-state index in [0.29, 0.717) is 22.4 Å². The van der Waals surface area contributed by atoms with Crippen molar-refractivity contribution in [2.24, 2.45) is 9.98 Å². The molecule has 36 heavy (non-hydrogen) atoms. The van der Waals surface area contributed by atoms with E-state index in [-0.39, 0.29) is 42.8 Å². The van der Waals surface area contributed by atoms with Crippen molar-refractivity contribution in [1.29, 1.82) is 0 Å². The maximum absolute atomic E-state index is 13.6. The van der Waals surface area contributed by atoms with Crippen molar-refractivity contribution < 1.29 is 18.4 Å². The van der Waals surface area contributed by atoms with E-state index in [2.05, 4.69) is 15.3 Å². The van der Waals surface area contributed by atoms with Crippen LogP contribution in [0, 0.1) is 11.6 Å². The number of fused-ring (bicyclic) bond motifs is 3. The number of halogens is 2. The van der Waals surface area contributed by atoms with Crippen LogP contribution in [0.15, 0.2) is 82.8 Å². The number of aliphatic imine (C=N–C) groups is 2. The number of hydrogen-bond acceptors (Lipinski definition) is 5. The Hall–Kier alpha value is -3.85. The van der Waals surface area contributed by atoms with E-state index in [9.17, 15) is 18.4 Å². The van der Waals surface area contributed by atoms with Crippen molar-refractivity contribution in [1.82, 2.24) is 10.2 Å². The number of amidine groups is 2. The molecule has 0 spiro atoms. The summed E-state index contributed by atoms with van der Waals surface area (Å²) < 4.78 is 26.7. The normalized spacial score (nSPS) is 16.2. The highest BCUT2D eigenvalue weighted by Gasteiger charge is 2.41. The quantitative estimate of drug-likeness (QED) is 0.495. The molecule has 0 saturated carbocycles. The molecule has 2 aliphatic rings. The fourth-order valence-corrected chi connectivity index (χ4v) is 4.96. The van der Waals surface area contributed by atoms with Gasteiger partial charge in [0.25, 0.3) is 5.91 Å². The molecule has 0 bridgehead atoms. The van der Waals surface area contributed by atoms with E-state index < -0.39 is 6.04 Å². The summed E-state index contributed by atoms with van der Waals surface area (Å²) in [5.41, 5.74) is 3.02. The molecule has 0 fully saturated rings. The second-order valence-corrected chi connectivity index (χ2v) is 9.36. The molecule has 3 aromatic rings. The Morgan fingerprint density at radius 1 is 0.972 bits per heavy atom. The minimum Gasteiger partial charge on any atom is -0.352 e. The second-order valence-electron chi connectivity index (χ2n) is 8.41. The zero-order valence-electron chi connectivity index (χ0n) is 19.2. The monoisotopic (exact) mass is 504 g/mol. The first-order valence-electron chi connectivity index (χ1n) is 11.5. The van der Waals surface area contributed by atoms with Gasteiger partial charge in [0.05, 0.1) is 5.69 Å². The van der Waals surface area contributed by atoms with E-state index in [0.717, 1.165) is 16.7 Å². The molecule has 1 N–H and O–H groups in total. The van der Waals surface area contributed by atoms with Gasteiger partial charge in [-0.15, -0.1) is 0 Å². The third-order valence-electron chi connectivity index (χ3n) is 5.85. The Bertz CT molecular complexity index is 1370. The van der Waals surface area contributed by atoms with Crippen LogP contribution >= 0.6 is 11.8 Å². The van der Waals surface area contributed by atoms with E-state index in [1.807, 2.05) is 30.3 Å². The highest BCUT2D eigenvalue weighted by atomic mass is 32.2. The maximum Gasteiger partial charge on any atom is 0.259 e. The lowest BCUT2D eigenvalue weighted by Gasteiger charge is -2.25. The van der Waals surface area contributed by atoms with Crippen LogP contribution in [0.25, 0.3) is 0 Å². The third-order valence-corrected chi connectivity index (χ3v) is 6.86. The van der Waals surface area contributed by atoms with E-state index >= 15 is 0 Å². The molecule has 2 heterocycles. The summed E-state index contributed by atoms with van der Waals surface area (Å²) in [4.78, 5) is 36.6. The molecule has 0 aromatic heterocycles.